The first-order valence-electron chi connectivity index (χ1n) is 4.73. The molecule has 0 spiro atoms. The van der Waals surface area contributed by atoms with Crippen LogP contribution in [0.2, 0.25) is 0 Å². The van der Waals surface area contributed by atoms with Crippen LogP contribution in [0.4, 0.5) is 5.69 Å². The maximum Gasteiger partial charge on any atom is 0.235 e. The van der Waals surface area contributed by atoms with E-state index in [9.17, 15) is 13.5 Å². The number of ether oxygens (including phenoxy) is 1. The van der Waals surface area contributed by atoms with Crippen molar-refractivity contribution in [1.82, 2.24) is 0 Å². The molecule has 0 heterocycles. The Morgan fingerprint density at radius 2 is 2.12 bits per heavy atom. The quantitative estimate of drug-likeness (QED) is 0.814. The number of phenols is 1. The summed E-state index contributed by atoms with van der Waals surface area (Å²) in [6.07, 6.45) is 0. The number of sulfonamides is 1. The number of nitrogens with one attached hydrogen (secondary N) is 1. The Labute approximate surface area is 95.1 Å². The monoisotopic (exact) mass is 245 g/mol. The van der Waals surface area contributed by atoms with Crippen molar-refractivity contribution in [3.8, 4) is 5.75 Å². The Bertz CT molecular complexity index is 456. The van der Waals surface area contributed by atoms with Gasteiger partial charge in [-0.25, -0.2) is 8.42 Å². The molecule has 0 aliphatic carbocycles. The van der Waals surface area contributed by atoms with E-state index in [0.717, 1.165) is 0 Å². The third kappa shape index (κ3) is 3.71. The fourth-order valence-corrected chi connectivity index (χ4v) is 2.07. The van der Waals surface area contributed by atoms with Gasteiger partial charge in [-0.1, -0.05) is 6.07 Å². The molecule has 0 saturated heterocycles. The molecule has 6 heteroatoms. The second-order valence-corrected chi connectivity index (χ2v) is 5.26. The van der Waals surface area contributed by atoms with E-state index in [2.05, 4.69) is 9.46 Å². The Morgan fingerprint density at radius 3 is 2.69 bits per heavy atom. The fraction of sp³-hybridized carbons (Fsp3) is 0.400. The Hall–Kier alpha value is -1.27. The zero-order valence-corrected chi connectivity index (χ0v) is 10.0. The average Bonchev–Trinajstić information content (AvgIpc) is 2.20. The van der Waals surface area contributed by atoms with Crippen molar-refractivity contribution in [3.05, 3.63) is 23.8 Å². The highest BCUT2D eigenvalue weighted by Crippen LogP contribution is 2.21. The molecule has 16 heavy (non-hydrogen) atoms. The molecule has 0 aliphatic heterocycles. The van der Waals surface area contributed by atoms with Gasteiger partial charge in [-0.05, 0) is 18.6 Å². The molecule has 90 valence electrons. The maximum atomic E-state index is 11.5. The van der Waals surface area contributed by atoms with Crippen LogP contribution in [0.3, 0.4) is 0 Å². The summed E-state index contributed by atoms with van der Waals surface area (Å²) in [6.45, 7) is 1.87. The second-order valence-electron chi connectivity index (χ2n) is 3.41. The molecule has 1 aromatic rings. The van der Waals surface area contributed by atoms with Gasteiger partial charge in [0.15, 0.2) is 0 Å². The van der Waals surface area contributed by atoms with E-state index in [4.69, 9.17) is 0 Å². The van der Waals surface area contributed by atoms with Crippen LogP contribution in [-0.2, 0) is 14.8 Å². The van der Waals surface area contributed by atoms with Crippen LogP contribution >= 0.6 is 0 Å². The number of benzene rings is 1. The second kappa shape index (κ2) is 5.18. The summed E-state index contributed by atoms with van der Waals surface area (Å²) in [5.41, 5.74) is 1.04. The van der Waals surface area contributed by atoms with E-state index in [-0.39, 0.29) is 18.1 Å². The smallest absolute Gasteiger partial charge is 0.235 e. The van der Waals surface area contributed by atoms with E-state index in [1.54, 1.807) is 19.1 Å². The molecule has 0 aliphatic rings. The van der Waals surface area contributed by atoms with Gasteiger partial charge in [0.05, 0.1) is 18.0 Å². The zero-order valence-electron chi connectivity index (χ0n) is 9.23. The van der Waals surface area contributed by atoms with Gasteiger partial charge in [0.1, 0.15) is 5.75 Å². The van der Waals surface area contributed by atoms with Gasteiger partial charge < -0.3 is 9.84 Å². The summed E-state index contributed by atoms with van der Waals surface area (Å²) in [7, 11) is -1.97. The first kappa shape index (κ1) is 12.8. The van der Waals surface area contributed by atoms with Gasteiger partial charge in [-0.2, -0.15) is 0 Å². The van der Waals surface area contributed by atoms with E-state index in [1.807, 2.05) is 0 Å². The van der Waals surface area contributed by atoms with Crippen molar-refractivity contribution >= 4 is 15.7 Å². The molecule has 0 radical (unpaired) electrons. The van der Waals surface area contributed by atoms with Crippen molar-refractivity contribution in [2.24, 2.45) is 0 Å². The highest BCUT2D eigenvalue weighted by atomic mass is 32.2. The van der Waals surface area contributed by atoms with Gasteiger partial charge in [-0.15, -0.1) is 0 Å². The molecule has 0 amide bonds. The first-order chi connectivity index (χ1) is 7.44. The number of aromatic hydroxyl groups is 1. The normalized spacial score (nSPS) is 11.4. The molecule has 1 rings (SSSR count). The molecule has 2 N–H and O–H groups in total. The Balaban J connectivity index is 2.76. The molecule has 1 aromatic carbocycles. The van der Waals surface area contributed by atoms with Gasteiger partial charge in [0, 0.05) is 13.2 Å². The largest absolute Gasteiger partial charge is 0.508 e. The lowest BCUT2D eigenvalue weighted by Gasteiger charge is -2.08. The van der Waals surface area contributed by atoms with Crippen molar-refractivity contribution < 1.29 is 18.3 Å². The Kier molecular flexibility index (Phi) is 4.14. The number of rotatable bonds is 5. The fourth-order valence-electron chi connectivity index (χ4n) is 1.10. The van der Waals surface area contributed by atoms with Crippen LogP contribution in [0.15, 0.2) is 18.2 Å². The molecule has 0 bridgehead atoms. The van der Waals surface area contributed by atoms with Crippen LogP contribution in [0.1, 0.15) is 5.56 Å². The van der Waals surface area contributed by atoms with Gasteiger partial charge in [0.25, 0.3) is 0 Å². The highest BCUT2D eigenvalue weighted by Gasteiger charge is 2.10. The molecule has 0 unspecified atom stereocenters. The molecule has 0 saturated carbocycles. The van der Waals surface area contributed by atoms with E-state index < -0.39 is 10.0 Å². The van der Waals surface area contributed by atoms with Gasteiger partial charge >= 0.3 is 0 Å². The summed E-state index contributed by atoms with van der Waals surface area (Å²) in [5, 5.41) is 9.41. The summed E-state index contributed by atoms with van der Waals surface area (Å²) < 4.78 is 30.0. The van der Waals surface area contributed by atoms with Crippen molar-refractivity contribution in [3.63, 3.8) is 0 Å². The molecule has 0 fully saturated rings. The number of phenolic OH excluding ortho intramolecular Hbond substituents is 1. The van der Waals surface area contributed by atoms with Crippen molar-refractivity contribution in [2.75, 3.05) is 24.2 Å². The lowest BCUT2D eigenvalue weighted by molar-refractivity contribution is 0.217. The van der Waals surface area contributed by atoms with Crippen LogP contribution in [-0.4, -0.2) is 33.0 Å². The molecular weight excluding hydrogens is 230 g/mol. The number of hydrogen-bond donors (Lipinski definition) is 2. The zero-order chi connectivity index (χ0) is 12.2. The van der Waals surface area contributed by atoms with Gasteiger partial charge in [0.2, 0.25) is 10.0 Å². The summed E-state index contributed by atoms with van der Waals surface area (Å²) in [4.78, 5) is 0. The highest BCUT2D eigenvalue weighted by molar-refractivity contribution is 7.92. The Morgan fingerprint density at radius 1 is 1.44 bits per heavy atom. The minimum atomic E-state index is -3.41. The number of anilines is 1. The van der Waals surface area contributed by atoms with Crippen molar-refractivity contribution in [1.29, 1.82) is 0 Å². The first-order valence-corrected chi connectivity index (χ1v) is 6.39. The van der Waals surface area contributed by atoms with Crippen molar-refractivity contribution in [2.45, 2.75) is 6.92 Å². The number of hydrogen-bond acceptors (Lipinski definition) is 4. The van der Waals surface area contributed by atoms with Crippen LogP contribution in [0.25, 0.3) is 0 Å². The van der Waals surface area contributed by atoms with E-state index in [0.29, 0.717) is 11.3 Å². The minimum absolute atomic E-state index is 0.0620. The SMILES string of the molecule is COCCS(=O)(=O)Nc1ccc(C)c(O)c1. The van der Waals surface area contributed by atoms with Crippen LogP contribution < -0.4 is 4.72 Å². The molecular formula is C10H15NO4S. The van der Waals surface area contributed by atoms with Crippen LogP contribution in [0.5, 0.6) is 5.75 Å². The van der Waals surface area contributed by atoms with Crippen LogP contribution in [0, 0.1) is 6.92 Å². The third-order valence-corrected chi connectivity index (χ3v) is 3.29. The molecule has 0 atom stereocenters. The lowest BCUT2D eigenvalue weighted by atomic mass is 10.2. The number of methoxy groups -OCH3 is 1. The van der Waals surface area contributed by atoms with E-state index >= 15 is 0 Å². The minimum Gasteiger partial charge on any atom is -0.508 e. The summed E-state index contributed by atoms with van der Waals surface area (Å²) >= 11 is 0. The molecule has 0 aromatic heterocycles. The third-order valence-electron chi connectivity index (χ3n) is 2.04. The summed E-state index contributed by atoms with van der Waals surface area (Å²) in [5.74, 6) is -0.0510. The predicted octanol–water partition coefficient (Wildman–Crippen LogP) is 1.09. The standard InChI is InChI=1S/C10H15NO4S/c1-8-3-4-9(7-10(8)12)11-16(13,14)6-5-15-2/h3-4,7,11-12H,5-6H2,1-2H3. The van der Waals surface area contributed by atoms with E-state index in [1.165, 1.54) is 13.2 Å². The predicted molar refractivity (Wildman–Crippen MR) is 62.1 cm³/mol. The average molecular weight is 245 g/mol. The molecule has 5 nitrogen and oxygen atoms in total. The van der Waals surface area contributed by atoms with Gasteiger partial charge in [-0.3, -0.25) is 4.72 Å². The topological polar surface area (TPSA) is 75.6 Å². The summed E-state index contributed by atoms with van der Waals surface area (Å²) in [6, 6.07) is 4.61. The maximum absolute atomic E-state index is 11.5. The number of aryl methyl sites for hydroxylation is 1. The lowest BCUT2D eigenvalue weighted by Crippen LogP contribution is -2.19.